The lowest BCUT2D eigenvalue weighted by molar-refractivity contribution is -0.122. The summed E-state index contributed by atoms with van der Waals surface area (Å²) < 4.78 is 5.74. The number of hydrogen-bond donors (Lipinski definition) is 1. The largest absolute Gasteiger partial charge is 0.481 e. The minimum Gasteiger partial charge on any atom is -0.481 e. The summed E-state index contributed by atoms with van der Waals surface area (Å²) in [6.45, 7) is 5.62. The van der Waals surface area contributed by atoms with Crippen LogP contribution in [-0.2, 0) is 4.79 Å². The first kappa shape index (κ1) is 19.4. The predicted octanol–water partition coefficient (Wildman–Crippen LogP) is 4.94. The molecule has 0 aliphatic carbocycles. The highest BCUT2D eigenvalue weighted by Gasteiger charge is 2.16. The van der Waals surface area contributed by atoms with Crippen molar-refractivity contribution in [3.8, 4) is 5.75 Å². The number of amides is 1. The van der Waals surface area contributed by atoms with Gasteiger partial charge in [-0.3, -0.25) is 9.59 Å². The average molecular weight is 373 g/mol. The van der Waals surface area contributed by atoms with Gasteiger partial charge in [-0.05, 0) is 62.2 Å². The maximum atomic E-state index is 12.5. The molecule has 0 aliphatic heterocycles. The molecule has 3 aromatic carbocycles. The van der Waals surface area contributed by atoms with Crippen LogP contribution in [0.15, 0.2) is 72.8 Å². The first-order valence-corrected chi connectivity index (χ1v) is 9.18. The molecular formula is C24H23NO3. The van der Waals surface area contributed by atoms with E-state index in [1.165, 1.54) is 0 Å². The zero-order valence-electron chi connectivity index (χ0n) is 16.2. The van der Waals surface area contributed by atoms with Gasteiger partial charge in [-0.15, -0.1) is 0 Å². The third-order valence-corrected chi connectivity index (χ3v) is 4.49. The number of nitrogens with one attached hydrogen (secondary N) is 1. The number of hydrogen-bond acceptors (Lipinski definition) is 3. The van der Waals surface area contributed by atoms with Crippen LogP contribution in [0.3, 0.4) is 0 Å². The van der Waals surface area contributed by atoms with Gasteiger partial charge in [0.15, 0.2) is 11.9 Å². The molecule has 0 spiro atoms. The van der Waals surface area contributed by atoms with Crippen LogP contribution in [0, 0.1) is 13.8 Å². The summed E-state index contributed by atoms with van der Waals surface area (Å²) in [5.74, 6) is 0.263. The fourth-order valence-electron chi connectivity index (χ4n) is 2.80. The van der Waals surface area contributed by atoms with E-state index in [-0.39, 0.29) is 11.7 Å². The predicted molar refractivity (Wildman–Crippen MR) is 111 cm³/mol. The third-order valence-electron chi connectivity index (χ3n) is 4.49. The SMILES string of the molecule is Cc1ccc(C)c(NC(=O)C(C)Oc2ccc(C(=O)c3ccccc3)cc2)c1. The molecule has 4 heteroatoms. The van der Waals surface area contributed by atoms with Crippen molar-refractivity contribution >= 4 is 17.4 Å². The van der Waals surface area contributed by atoms with E-state index in [1.54, 1.807) is 43.3 Å². The molecule has 1 atom stereocenters. The molecule has 0 aromatic heterocycles. The molecule has 1 N–H and O–H groups in total. The van der Waals surface area contributed by atoms with Crippen molar-refractivity contribution in [1.82, 2.24) is 0 Å². The standard InChI is InChI=1S/C24H23NO3/c1-16-9-10-17(2)22(15-16)25-24(27)18(3)28-21-13-11-20(12-14-21)23(26)19-7-5-4-6-8-19/h4-15,18H,1-3H3,(H,25,27). The second-order valence-corrected chi connectivity index (χ2v) is 6.79. The summed E-state index contributed by atoms with van der Waals surface area (Å²) in [6.07, 6.45) is -0.671. The molecule has 28 heavy (non-hydrogen) atoms. The van der Waals surface area contributed by atoms with Crippen LogP contribution in [-0.4, -0.2) is 17.8 Å². The van der Waals surface area contributed by atoms with Gasteiger partial charge < -0.3 is 10.1 Å². The molecular weight excluding hydrogens is 350 g/mol. The average Bonchev–Trinajstić information content (AvgIpc) is 2.71. The van der Waals surface area contributed by atoms with E-state index in [1.807, 2.05) is 50.2 Å². The van der Waals surface area contributed by atoms with Crippen LogP contribution >= 0.6 is 0 Å². The number of carbonyl (C=O) groups excluding carboxylic acids is 2. The normalized spacial score (nSPS) is 11.5. The van der Waals surface area contributed by atoms with E-state index in [0.717, 1.165) is 16.8 Å². The Morgan fingerprint density at radius 1 is 0.857 bits per heavy atom. The number of benzene rings is 3. The zero-order valence-corrected chi connectivity index (χ0v) is 16.2. The van der Waals surface area contributed by atoms with Gasteiger partial charge in [-0.1, -0.05) is 42.5 Å². The third kappa shape index (κ3) is 4.65. The number of ketones is 1. The Bertz CT molecular complexity index is 978. The molecule has 142 valence electrons. The summed E-state index contributed by atoms with van der Waals surface area (Å²) in [7, 11) is 0. The highest BCUT2D eigenvalue weighted by Crippen LogP contribution is 2.19. The molecule has 0 heterocycles. The minimum atomic E-state index is -0.671. The topological polar surface area (TPSA) is 55.4 Å². The quantitative estimate of drug-likeness (QED) is 0.623. The Morgan fingerprint density at radius 2 is 1.50 bits per heavy atom. The highest BCUT2D eigenvalue weighted by atomic mass is 16.5. The number of ether oxygens (including phenoxy) is 1. The first-order chi connectivity index (χ1) is 13.4. The van der Waals surface area contributed by atoms with E-state index in [0.29, 0.717) is 16.9 Å². The fourth-order valence-corrected chi connectivity index (χ4v) is 2.80. The summed E-state index contributed by atoms with van der Waals surface area (Å²) in [5.41, 5.74) is 4.07. The summed E-state index contributed by atoms with van der Waals surface area (Å²) >= 11 is 0. The van der Waals surface area contributed by atoms with Gasteiger partial charge in [-0.25, -0.2) is 0 Å². The van der Waals surface area contributed by atoms with Crippen LogP contribution in [0.2, 0.25) is 0 Å². The monoisotopic (exact) mass is 373 g/mol. The number of carbonyl (C=O) groups is 2. The molecule has 0 bridgehead atoms. The molecule has 0 saturated carbocycles. The summed E-state index contributed by atoms with van der Waals surface area (Å²) in [4.78, 5) is 24.9. The van der Waals surface area contributed by atoms with Crippen LogP contribution in [0.25, 0.3) is 0 Å². The molecule has 0 aliphatic rings. The summed E-state index contributed by atoms with van der Waals surface area (Å²) in [5, 5.41) is 2.90. The van der Waals surface area contributed by atoms with Crippen LogP contribution in [0.4, 0.5) is 5.69 Å². The summed E-state index contributed by atoms with van der Waals surface area (Å²) in [6, 6.07) is 21.8. The lowest BCUT2D eigenvalue weighted by Crippen LogP contribution is -2.30. The van der Waals surface area contributed by atoms with E-state index in [4.69, 9.17) is 4.74 Å². The molecule has 1 unspecified atom stereocenters. The van der Waals surface area contributed by atoms with Crippen LogP contribution in [0.5, 0.6) is 5.75 Å². The second-order valence-electron chi connectivity index (χ2n) is 6.79. The fraction of sp³-hybridized carbons (Fsp3) is 0.167. The molecule has 0 fully saturated rings. The van der Waals surface area contributed by atoms with Crippen molar-refractivity contribution in [3.05, 3.63) is 95.1 Å². The van der Waals surface area contributed by atoms with E-state index in [2.05, 4.69) is 5.32 Å². The highest BCUT2D eigenvalue weighted by molar-refractivity contribution is 6.09. The van der Waals surface area contributed by atoms with E-state index >= 15 is 0 Å². The van der Waals surface area contributed by atoms with Gasteiger partial charge >= 0.3 is 0 Å². The van der Waals surface area contributed by atoms with Gasteiger partial charge in [0.1, 0.15) is 5.75 Å². The van der Waals surface area contributed by atoms with Crippen molar-refractivity contribution in [2.24, 2.45) is 0 Å². The zero-order chi connectivity index (χ0) is 20.1. The van der Waals surface area contributed by atoms with Crippen LogP contribution in [0.1, 0.15) is 34.0 Å². The smallest absolute Gasteiger partial charge is 0.265 e. The molecule has 0 radical (unpaired) electrons. The van der Waals surface area contributed by atoms with Crippen molar-refractivity contribution < 1.29 is 14.3 Å². The minimum absolute atomic E-state index is 0.0483. The number of anilines is 1. The Kier molecular flexibility index (Phi) is 5.90. The molecule has 3 rings (SSSR count). The van der Waals surface area contributed by atoms with Gasteiger partial charge in [0.2, 0.25) is 0 Å². The van der Waals surface area contributed by atoms with Crippen molar-refractivity contribution in [1.29, 1.82) is 0 Å². The Hall–Kier alpha value is -3.40. The van der Waals surface area contributed by atoms with Crippen molar-refractivity contribution in [2.45, 2.75) is 26.9 Å². The van der Waals surface area contributed by atoms with E-state index < -0.39 is 6.10 Å². The van der Waals surface area contributed by atoms with Gasteiger partial charge in [-0.2, -0.15) is 0 Å². The first-order valence-electron chi connectivity index (χ1n) is 9.18. The van der Waals surface area contributed by atoms with Gasteiger partial charge in [0, 0.05) is 16.8 Å². The van der Waals surface area contributed by atoms with Crippen LogP contribution < -0.4 is 10.1 Å². The maximum absolute atomic E-state index is 12.5. The number of rotatable bonds is 6. The van der Waals surface area contributed by atoms with Gasteiger partial charge in [0.05, 0.1) is 0 Å². The van der Waals surface area contributed by atoms with Gasteiger partial charge in [0.25, 0.3) is 5.91 Å². The molecule has 4 nitrogen and oxygen atoms in total. The van der Waals surface area contributed by atoms with Crippen molar-refractivity contribution in [2.75, 3.05) is 5.32 Å². The number of aryl methyl sites for hydroxylation is 2. The molecule has 0 saturated heterocycles. The van der Waals surface area contributed by atoms with E-state index in [9.17, 15) is 9.59 Å². The Labute approximate surface area is 165 Å². The molecule has 1 amide bonds. The Balaban J connectivity index is 1.64. The maximum Gasteiger partial charge on any atom is 0.265 e. The second kappa shape index (κ2) is 8.53. The lowest BCUT2D eigenvalue weighted by atomic mass is 10.0. The molecule has 3 aromatic rings. The Morgan fingerprint density at radius 3 is 2.18 bits per heavy atom. The lowest BCUT2D eigenvalue weighted by Gasteiger charge is -2.16. The van der Waals surface area contributed by atoms with Crippen molar-refractivity contribution in [3.63, 3.8) is 0 Å².